The fraction of sp³-hybridized carbons (Fsp3) is 0.143. The van der Waals surface area contributed by atoms with E-state index in [0.29, 0.717) is 16.1 Å². The number of thiazole rings is 1. The Labute approximate surface area is 206 Å². The average molecular weight is 482 g/mol. The zero-order valence-corrected chi connectivity index (χ0v) is 20.2. The number of fused-ring (bicyclic) bond motifs is 2. The average Bonchev–Trinajstić information content (AvgIpc) is 3.19. The highest BCUT2D eigenvalue weighted by Crippen LogP contribution is 2.26. The summed E-state index contributed by atoms with van der Waals surface area (Å²) in [6.45, 7) is 4.04. The van der Waals surface area contributed by atoms with Gasteiger partial charge in [-0.15, -0.1) is 0 Å². The predicted molar refractivity (Wildman–Crippen MR) is 138 cm³/mol. The summed E-state index contributed by atoms with van der Waals surface area (Å²) in [5.74, 6) is -0.760. The highest BCUT2D eigenvalue weighted by Gasteiger charge is 2.16. The first-order valence-corrected chi connectivity index (χ1v) is 12.1. The Bertz CT molecular complexity index is 1630. The van der Waals surface area contributed by atoms with E-state index in [1.54, 1.807) is 17.6 Å². The van der Waals surface area contributed by atoms with Crippen LogP contribution < -0.4 is 4.80 Å². The molecule has 5 rings (SSSR count). The predicted octanol–water partition coefficient (Wildman–Crippen LogP) is 5.53. The molecule has 0 saturated heterocycles. The number of para-hydroxylation sites is 1. The third-order valence-electron chi connectivity index (χ3n) is 5.64. The van der Waals surface area contributed by atoms with Crippen LogP contribution in [-0.4, -0.2) is 28.0 Å². The number of ether oxygens (including phenoxy) is 1. The summed E-state index contributed by atoms with van der Waals surface area (Å²) in [4.78, 5) is 35.6. The van der Waals surface area contributed by atoms with Crippen LogP contribution in [0.3, 0.4) is 0 Å². The molecule has 7 heteroatoms. The molecule has 35 heavy (non-hydrogen) atoms. The number of aromatic nitrogens is 2. The molecule has 0 fully saturated rings. The molecule has 0 spiro atoms. The number of rotatable bonds is 5. The van der Waals surface area contributed by atoms with Crippen LogP contribution in [0.25, 0.3) is 32.4 Å². The molecule has 0 unspecified atom stereocenters. The standard InChI is InChI=1S/C28H23N3O3S/c1-3-34-26(32)17-31-24-14-13-18(2)15-25(24)35-28(31)30-27(33)21-16-23(19-9-5-4-6-10-19)29-22-12-8-7-11-20(21)22/h4-16H,3,17H2,1-2H3. The first kappa shape index (κ1) is 22.7. The lowest BCUT2D eigenvalue weighted by molar-refractivity contribution is -0.143. The van der Waals surface area contributed by atoms with Crippen molar-refractivity contribution in [3.05, 3.63) is 94.8 Å². The quantitative estimate of drug-likeness (QED) is 0.309. The highest BCUT2D eigenvalue weighted by molar-refractivity contribution is 7.16. The zero-order chi connectivity index (χ0) is 24.4. The second-order valence-electron chi connectivity index (χ2n) is 8.10. The maximum atomic E-state index is 13.6. The Hall–Kier alpha value is -4.10. The SMILES string of the molecule is CCOC(=O)Cn1c(=NC(=O)c2cc(-c3ccccc3)nc3ccccc23)sc2cc(C)ccc21. The summed E-state index contributed by atoms with van der Waals surface area (Å²) in [5.41, 5.74) is 4.73. The Balaban J connectivity index is 1.68. The van der Waals surface area contributed by atoms with Crippen molar-refractivity contribution in [1.82, 2.24) is 9.55 Å². The summed E-state index contributed by atoms with van der Waals surface area (Å²) < 4.78 is 7.86. The van der Waals surface area contributed by atoms with Gasteiger partial charge in [0.05, 0.1) is 33.6 Å². The Kier molecular flexibility index (Phi) is 6.25. The minimum Gasteiger partial charge on any atom is -0.465 e. The van der Waals surface area contributed by atoms with Crippen LogP contribution in [0.1, 0.15) is 22.8 Å². The molecule has 0 radical (unpaired) electrons. The van der Waals surface area contributed by atoms with Gasteiger partial charge in [0, 0.05) is 10.9 Å². The molecular weight excluding hydrogens is 458 g/mol. The Morgan fingerprint density at radius 3 is 2.57 bits per heavy atom. The number of carbonyl (C=O) groups is 2. The van der Waals surface area contributed by atoms with Gasteiger partial charge < -0.3 is 9.30 Å². The third-order valence-corrected chi connectivity index (χ3v) is 6.69. The van der Waals surface area contributed by atoms with E-state index in [-0.39, 0.29) is 25.0 Å². The zero-order valence-electron chi connectivity index (χ0n) is 19.4. The molecule has 6 nitrogen and oxygen atoms in total. The molecule has 2 heterocycles. The van der Waals surface area contributed by atoms with Crippen LogP contribution in [-0.2, 0) is 16.1 Å². The van der Waals surface area contributed by atoms with Gasteiger partial charge in [-0.2, -0.15) is 4.99 Å². The molecule has 0 atom stereocenters. The summed E-state index contributed by atoms with van der Waals surface area (Å²) >= 11 is 1.38. The summed E-state index contributed by atoms with van der Waals surface area (Å²) in [5, 5.41) is 0.731. The van der Waals surface area contributed by atoms with Crippen molar-refractivity contribution in [3.8, 4) is 11.3 Å². The largest absolute Gasteiger partial charge is 0.465 e. The maximum Gasteiger partial charge on any atom is 0.326 e. The highest BCUT2D eigenvalue weighted by atomic mass is 32.1. The van der Waals surface area contributed by atoms with Gasteiger partial charge in [-0.25, -0.2) is 4.98 Å². The van der Waals surface area contributed by atoms with Crippen LogP contribution in [0, 0.1) is 6.92 Å². The lowest BCUT2D eigenvalue weighted by Gasteiger charge is -2.08. The van der Waals surface area contributed by atoms with Crippen molar-refractivity contribution >= 4 is 44.3 Å². The minimum atomic E-state index is -0.387. The van der Waals surface area contributed by atoms with Crippen LogP contribution >= 0.6 is 11.3 Å². The smallest absolute Gasteiger partial charge is 0.326 e. The van der Waals surface area contributed by atoms with Crippen LogP contribution in [0.15, 0.2) is 83.9 Å². The lowest BCUT2D eigenvalue weighted by Crippen LogP contribution is -2.23. The van der Waals surface area contributed by atoms with Crippen molar-refractivity contribution in [2.24, 2.45) is 4.99 Å². The number of hydrogen-bond acceptors (Lipinski definition) is 5. The van der Waals surface area contributed by atoms with E-state index in [2.05, 4.69) is 4.99 Å². The number of esters is 1. The van der Waals surface area contributed by atoms with Crippen molar-refractivity contribution < 1.29 is 14.3 Å². The van der Waals surface area contributed by atoms with Gasteiger partial charge in [0.15, 0.2) is 4.80 Å². The topological polar surface area (TPSA) is 73.6 Å². The first-order valence-electron chi connectivity index (χ1n) is 11.3. The summed E-state index contributed by atoms with van der Waals surface area (Å²) in [6.07, 6.45) is 0. The van der Waals surface area contributed by atoms with Crippen molar-refractivity contribution in [1.29, 1.82) is 0 Å². The van der Waals surface area contributed by atoms with Crippen LogP contribution in [0.2, 0.25) is 0 Å². The van der Waals surface area contributed by atoms with E-state index >= 15 is 0 Å². The van der Waals surface area contributed by atoms with E-state index < -0.39 is 0 Å². The first-order chi connectivity index (χ1) is 17.0. The van der Waals surface area contributed by atoms with Crippen LogP contribution in [0.5, 0.6) is 0 Å². The van der Waals surface area contributed by atoms with Gasteiger partial charge in [-0.3, -0.25) is 9.59 Å². The van der Waals surface area contributed by atoms with Crippen LogP contribution in [0.4, 0.5) is 0 Å². The number of benzene rings is 3. The normalized spacial score (nSPS) is 11.8. The van der Waals surface area contributed by atoms with Gasteiger partial charge in [0.1, 0.15) is 6.54 Å². The molecule has 0 aliphatic rings. The molecule has 0 N–H and O–H groups in total. The number of amides is 1. The Morgan fingerprint density at radius 2 is 1.77 bits per heavy atom. The van der Waals surface area contributed by atoms with Crippen molar-refractivity contribution in [2.75, 3.05) is 6.61 Å². The number of aryl methyl sites for hydroxylation is 1. The third kappa shape index (κ3) is 4.63. The van der Waals surface area contributed by atoms with Crippen molar-refractivity contribution in [2.45, 2.75) is 20.4 Å². The molecule has 1 amide bonds. The molecule has 0 saturated carbocycles. The minimum absolute atomic E-state index is 0.0185. The number of nitrogens with zero attached hydrogens (tertiary/aromatic N) is 3. The molecule has 0 aliphatic carbocycles. The maximum absolute atomic E-state index is 13.6. The van der Waals surface area contributed by atoms with E-state index in [9.17, 15) is 9.59 Å². The van der Waals surface area contributed by atoms with E-state index in [1.807, 2.05) is 79.7 Å². The summed E-state index contributed by atoms with van der Waals surface area (Å²) in [6, 6.07) is 25.0. The molecule has 3 aromatic carbocycles. The second-order valence-corrected chi connectivity index (χ2v) is 9.11. The fourth-order valence-corrected chi connectivity index (χ4v) is 5.14. The second kappa shape index (κ2) is 9.64. The van der Waals surface area contributed by atoms with E-state index in [4.69, 9.17) is 9.72 Å². The van der Waals surface area contributed by atoms with Gasteiger partial charge in [0.2, 0.25) is 0 Å². The van der Waals surface area contributed by atoms with E-state index in [1.165, 1.54) is 11.3 Å². The van der Waals surface area contributed by atoms with Gasteiger partial charge in [0.25, 0.3) is 5.91 Å². The summed E-state index contributed by atoms with van der Waals surface area (Å²) in [7, 11) is 0. The molecular formula is C28H23N3O3S. The van der Waals surface area contributed by atoms with Gasteiger partial charge in [-0.05, 0) is 43.7 Å². The van der Waals surface area contributed by atoms with Gasteiger partial charge in [-0.1, -0.05) is 65.9 Å². The van der Waals surface area contributed by atoms with Gasteiger partial charge >= 0.3 is 5.97 Å². The molecule has 0 bridgehead atoms. The molecule has 5 aromatic rings. The number of pyridine rings is 1. The molecule has 0 aliphatic heterocycles. The molecule has 2 aromatic heterocycles. The number of hydrogen-bond donors (Lipinski definition) is 0. The van der Waals surface area contributed by atoms with Crippen molar-refractivity contribution in [3.63, 3.8) is 0 Å². The van der Waals surface area contributed by atoms with E-state index in [0.717, 1.165) is 32.2 Å². The Morgan fingerprint density at radius 1 is 1.00 bits per heavy atom. The molecule has 174 valence electrons. The number of carbonyl (C=O) groups excluding carboxylic acids is 2. The fourth-order valence-electron chi connectivity index (χ4n) is 4.01. The lowest BCUT2D eigenvalue weighted by atomic mass is 10.0. The monoisotopic (exact) mass is 481 g/mol.